The van der Waals surface area contributed by atoms with Crippen molar-refractivity contribution in [3.05, 3.63) is 77.4 Å². The molecule has 0 heterocycles. The van der Waals surface area contributed by atoms with Crippen molar-refractivity contribution in [3.8, 4) is 5.75 Å². The van der Waals surface area contributed by atoms with E-state index in [0.717, 1.165) is 35.0 Å². The Kier molecular flexibility index (Phi) is 3.69. The monoisotopic (exact) mass is 276 g/mol. The fraction of sp³-hybridized carbons (Fsp3) is 0.105. The molecule has 0 aliphatic carbocycles. The number of hydrogen-bond donors (Lipinski definition) is 0. The topological polar surface area (TPSA) is 26.3 Å². The van der Waals surface area contributed by atoms with Crippen LogP contribution in [0.3, 0.4) is 0 Å². The summed E-state index contributed by atoms with van der Waals surface area (Å²) in [5.74, 6) is 0.863. The summed E-state index contributed by atoms with van der Waals surface area (Å²) in [6, 6.07) is 20.1. The molecule has 3 rings (SSSR count). The SMILES string of the molecule is COc1ccc2cc(Cc3ccccc3C=O)ccc2c1. The van der Waals surface area contributed by atoms with Gasteiger partial charge in [0.2, 0.25) is 0 Å². The van der Waals surface area contributed by atoms with Gasteiger partial charge in [-0.1, -0.05) is 48.5 Å². The van der Waals surface area contributed by atoms with Crippen LogP contribution in [-0.2, 0) is 6.42 Å². The average Bonchev–Trinajstić information content (AvgIpc) is 2.55. The van der Waals surface area contributed by atoms with E-state index in [1.165, 1.54) is 10.9 Å². The molecule has 0 atom stereocenters. The summed E-state index contributed by atoms with van der Waals surface area (Å²) in [6.45, 7) is 0. The highest BCUT2D eigenvalue weighted by Crippen LogP contribution is 2.23. The van der Waals surface area contributed by atoms with Crippen molar-refractivity contribution < 1.29 is 9.53 Å². The number of rotatable bonds is 4. The summed E-state index contributed by atoms with van der Waals surface area (Å²) in [5, 5.41) is 2.33. The van der Waals surface area contributed by atoms with Gasteiger partial charge < -0.3 is 4.74 Å². The van der Waals surface area contributed by atoms with E-state index in [1.807, 2.05) is 36.4 Å². The molecule has 104 valence electrons. The molecule has 0 aliphatic rings. The Morgan fingerprint density at radius 1 is 0.952 bits per heavy atom. The lowest BCUT2D eigenvalue weighted by Gasteiger charge is -2.07. The Morgan fingerprint density at radius 2 is 1.71 bits per heavy atom. The van der Waals surface area contributed by atoms with Crippen LogP contribution < -0.4 is 4.74 Å². The number of fused-ring (bicyclic) bond motifs is 1. The lowest BCUT2D eigenvalue weighted by atomic mass is 9.98. The third-order valence-corrected chi connectivity index (χ3v) is 3.69. The number of hydrogen-bond acceptors (Lipinski definition) is 2. The van der Waals surface area contributed by atoms with Crippen molar-refractivity contribution in [2.24, 2.45) is 0 Å². The van der Waals surface area contributed by atoms with Gasteiger partial charge in [-0.3, -0.25) is 4.79 Å². The molecule has 3 aromatic carbocycles. The van der Waals surface area contributed by atoms with Crippen LogP contribution in [0, 0.1) is 0 Å². The minimum absolute atomic E-state index is 0.757. The van der Waals surface area contributed by atoms with E-state index >= 15 is 0 Å². The summed E-state index contributed by atoms with van der Waals surface area (Å²) in [4.78, 5) is 11.1. The van der Waals surface area contributed by atoms with E-state index in [1.54, 1.807) is 7.11 Å². The van der Waals surface area contributed by atoms with E-state index in [2.05, 4.69) is 24.3 Å². The summed E-state index contributed by atoms with van der Waals surface area (Å²) in [6.07, 6.45) is 1.68. The van der Waals surface area contributed by atoms with Crippen molar-refractivity contribution in [2.45, 2.75) is 6.42 Å². The van der Waals surface area contributed by atoms with Crippen molar-refractivity contribution in [1.29, 1.82) is 0 Å². The third kappa shape index (κ3) is 2.79. The van der Waals surface area contributed by atoms with Gasteiger partial charge in [0.15, 0.2) is 0 Å². The van der Waals surface area contributed by atoms with E-state index in [-0.39, 0.29) is 0 Å². The zero-order valence-electron chi connectivity index (χ0n) is 11.9. The zero-order chi connectivity index (χ0) is 14.7. The lowest BCUT2D eigenvalue weighted by molar-refractivity contribution is 0.112. The molecule has 0 fully saturated rings. The number of aldehydes is 1. The summed E-state index contributed by atoms with van der Waals surface area (Å²) in [5.41, 5.74) is 3.01. The first kappa shape index (κ1) is 13.4. The van der Waals surface area contributed by atoms with Crippen molar-refractivity contribution >= 4 is 17.1 Å². The maximum Gasteiger partial charge on any atom is 0.150 e. The molecule has 0 aromatic heterocycles. The van der Waals surface area contributed by atoms with E-state index in [4.69, 9.17) is 4.74 Å². The Bertz CT molecular complexity index is 790. The molecule has 0 N–H and O–H groups in total. The number of carbonyl (C=O) groups is 1. The zero-order valence-corrected chi connectivity index (χ0v) is 11.9. The van der Waals surface area contributed by atoms with Crippen molar-refractivity contribution in [3.63, 3.8) is 0 Å². The molecule has 0 bridgehead atoms. The van der Waals surface area contributed by atoms with Crippen LogP contribution in [0.4, 0.5) is 0 Å². The van der Waals surface area contributed by atoms with Gasteiger partial charge in [-0.2, -0.15) is 0 Å². The predicted molar refractivity (Wildman–Crippen MR) is 85.1 cm³/mol. The number of benzene rings is 3. The molecule has 21 heavy (non-hydrogen) atoms. The Balaban J connectivity index is 1.96. The molecule has 0 saturated heterocycles. The van der Waals surface area contributed by atoms with Gasteiger partial charge in [-0.25, -0.2) is 0 Å². The first-order valence-electron chi connectivity index (χ1n) is 6.90. The van der Waals surface area contributed by atoms with Gasteiger partial charge in [0.1, 0.15) is 12.0 Å². The molecule has 3 aromatic rings. The fourth-order valence-electron chi connectivity index (χ4n) is 2.54. The first-order valence-corrected chi connectivity index (χ1v) is 6.90. The Morgan fingerprint density at radius 3 is 2.52 bits per heavy atom. The molecule has 2 heteroatoms. The van der Waals surface area contributed by atoms with Crippen LogP contribution in [0.15, 0.2) is 60.7 Å². The van der Waals surface area contributed by atoms with Crippen LogP contribution in [-0.4, -0.2) is 13.4 Å². The van der Waals surface area contributed by atoms with E-state index in [0.29, 0.717) is 0 Å². The van der Waals surface area contributed by atoms with Gasteiger partial charge in [0, 0.05) is 5.56 Å². The predicted octanol–water partition coefficient (Wildman–Crippen LogP) is 4.25. The quantitative estimate of drug-likeness (QED) is 0.666. The molecule has 0 aliphatic heterocycles. The average molecular weight is 276 g/mol. The van der Waals surface area contributed by atoms with E-state index < -0.39 is 0 Å². The third-order valence-electron chi connectivity index (χ3n) is 3.69. The maximum atomic E-state index is 11.1. The van der Waals surface area contributed by atoms with Gasteiger partial charge >= 0.3 is 0 Å². The van der Waals surface area contributed by atoms with Crippen LogP contribution in [0.2, 0.25) is 0 Å². The van der Waals surface area contributed by atoms with Gasteiger partial charge in [-0.05, 0) is 40.5 Å². The second kappa shape index (κ2) is 5.80. The van der Waals surface area contributed by atoms with Crippen molar-refractivity contribution in [1.82, 2.24) is 0 Å². The molecule has 0 radical (unpaired) electrons. The number of ether oxygens (including phenoxy) is 1. The number of carbonyl (C=O) groups excluding carboxylic acids is 1. The van der Waals surface area contributed by atoms with Crippen LogP contribution in [0.1, 0.15) is 21.5 Å². The largest absolute Gasteiger partial charge is 0.497 e. The normalized spacial score (nSPS) is 10.5. The lowest BCUT2D eigenvalue weighted by Crippen LogP contribution is -1.94. The van der Waals surface area contributed by atoms with Crippen LogP contribution in [0.5, 0.6) is 5.75 Å². The highest BCUT2D eigenvalue weighted by atomic mass is 16.5. The molecule has 0 unspecified atom stereocenters. The highest BCUT2D eigenvalue weighted by molar-refractivity contribution is 5.85. The highest BCUT2D eigenvalue weighted by Gasteiger charge is 2.04. The fourth-order valence-corrected chi connectivity index (χ4v) is 2.54. The van der Waals surface area contributed by atoms with Gasteiger partial charge in [-0.15, -0.1) is 0 Å². The van der Waals surface area contributed by atoms with Gasteiger partial charge in [0.25, 0.3) is 0 Å². The summed E-state index contributed by atoms with van der Waals surface area (Å²) >= 11 is 0. The summed E-state index contributed by atoms with van der Waals surface area (Å²) in [7, 11) is 1.67. The second-order valence-corrected chi connectivity index (χ2v) is 5.04. The Hall–Kier alpha value is -2.61. The maximum absolute atomic E-state index is 11.1. The molecule has 2 nitrogen and oxygen atoms in total. The molecular formula is C19H16O2. The second-order valence-electron chi connectivity index (χ2n) is 5.04. The van der Waals surface area contributed by atoms with Crippen LogP contribution in [0.25, 0.3) is 10.8 Å². The molecule has 0 amide bonds. The first-order chi connectivity index (χ1) is 10.3. The molecule has 0 spiro atoms. The van der Waals surface area contributed by atoms with E-state index in [9.17, 15) is 4.79 Å². The Labute approximate surface area is 124 Å². The van der Waals surface area contributed by atoms with Crippen LogP contribution >= 0.6 is 0 Å². The molecule has 0 saturated carbocycles. The smallest absolute Gasteiger partial charge is 0.150 e. The standard InChI is InChI=1S/C19H16O2/c1-21-19-9-8-16-11-14(6-7-17(16)12-19)10-15-4-2-3-5-18(15)13-20/h2-9,11-13H,10H2,1H3. The molecular weight excluding hydrogens is 260 g/mol. The minimum Gasteiger partial charge on any atom is -0.497 e. The summed E-state index contributed by atoms with van der Waals surface area (Å²) < 4.78 is 5.24. The van der Waals surface area contributed by atoms with Gasteiger partial charge in [0.05, 0.1) is 7.11 Å². The number of methoxy groups -OCH3 is 1. The van der Waals surface area contributed by atoms with Crippen molar-refractivity contribution in [2.75, 3.05) is 7.11 Å². The minimum atomic E-state index is 0.757.